The molecule has 0 fully saturated rings. The van der Waals surface area contributed by atoms with E-state index in [0.29, 0.717) is 0 Å². The largest absolute Gasteiger partial charge is 0.355 e. The van der Waals surface area contributed by atoms with Crippen molar-refractivity contribution in [2.75, 3.05) is 31.1 Å². The Morgan fingerprint density at radius 3 is 2.76 bits per heavy atom. The molecule has 17 heavy (non-hydrogen) atoms. The van der Waals surface area contributed by atoms with Crippen LogP contribution in [0.2, 0.25) is 0 Å². The molecule has 0 amide bonds. The Morgan fingerprint density at radius 1 is 1.41 bits per heavy atom. The zero-order valence-electron chi connectivity index (χ0n) is 10.9. The van der Waals surface area contributed by atoms with Gasteiger partial charge in [-0.25, -0.2) is 4.98 Å². The van der Waals surface area contributed by atoms with Gasteiger partial charge < -0.3 is 15.2 Å². The number of aromatic amines is 1. The highest BCUT2D eigenvalue weighted by Gasteiger charge is 2.07. The summed E-state index contributed by atoms with van der Waals surface area (Å²) < 4.78 is 0. The summed E-state index contributed by atoms with van der Waals surface area (Å²) in [4.78, 5) is 20.8. The van der Waals surface area contributed by atoms with Gasteiger partial charge in [0.1, 0.15) is 11.6 Å². The smallest absolute Gasteiger partial charge is 0.252 e. The molecule has 96 valence electrons. The van der Waals surface area contributed by atoms with Crippen LogP contribution >= 0.6 is 0 Å². The first-order valence-electron chi connectivity index (χ1n) is 6.27. The fourth-order valence-electron chi connectivity index (χ4n) is 1.65. The maximum Gasteiger partial charge on any atom is 0.252 e. The second kappa shape index (κ2) is 7.06. The summed E-state index contributed by atoms with van der Waals surface area (Å²) in [6.07, 6.45) is 0.744. The second-order valence-corrected chi connectivity index (χ2v) is 3.84. The minimum Gasteiger partial charge on any atom is -0.355 e. The summed E-state index contributed by atoms with van der Waals surface area (Å²) in [7, 11) is 0. The van der Waals surface area contributed by atoms with Crippen LogP contribution in [0.1, 0.15) is 26.6 Å². The van der Waals surface area contributed by atoms with Gasteiger partial charge in [-0.05, 0) is 13.5 Å². The van der Waals surface area contributed by atoms with E-state index in [1.54, 1.807) is 6.07 Å². The number of nitrogens with one attached hydrogen (secondary N) is 2. The van der Waals surface area contributed by atoms with E-state index in [-0.39, 0.29) is 5.56 Å². The lowest BCUT2D eigenvalue weighted by Gasteiger charge is -2.22. The van der Waals surface area contributed by atoms with Crippen molar-refractivity contribution in [1.29, 1.82) is 0 Å². The highest BCUT2D eigenvalue weighted by Crippen LogP contribution is 2.07. The monoisotopic (exact) mass is 238 g/mol. The van der Waals surface area contributed by atoms with Crippen LogP contribution in [0.15, 0.2) is 10.9 Å². The van der Waals surface area contributed by atoms with E-state index in [4.69, 9.17) is 0 Å². The van der Waals surface area contributed by atoms with E-state index in [1.165, 1.54) is 0 Å². The summed E-state index contributed by atoms with van der Waals surface area (Å²) >= 11 is 0. The molecule has 0 aliphatic rings. The molecule has 0 spiro atoms. The number of aromatic nitrogens is 2. The number of rotatable bonds is 7. The second-order valence-electron chi connectivity index (χ2n) is 3.84. The van der Waals surface area contributed by atoms with Crippen molar-refractivity contribution in [2.45, 2.75) is 27.2 Å². The maximum atomic E-state index is 11.5. The van der Waals surface area contributed by atoms with E-state index in [2.05, 4.69) is 34.0 Å². The Balaban J connectivity index is 2.79. The molecule has 2 N–H and O–H groups in total. The molecule has 1 heterocycles. The van der Waals surface area contributed by atoms with Crippen molar-refractivity contribution in [3.05, 3.63) is 22.2 Å². The Hall–Kier alpha value is -1.36. The van der Waals surface area contributed by atoms with Crippen LogP contribution in [-0.2, 0) is 6.42 Å². The molecule has 0 aliphatic carbocycles. The summed E-state index contributed by atoms with van der Waals surface area (Å²) in [5.41, 5.74) is -0.0752. The van der Waals surface area contributed by atoms with Crippen LogP contribution in [-0.4, -0.2) is 36.1 Å². The van der Waals surface area contributed by atoms with Gasteiger partial charge in [0.2, 0.25) is 0 Å². The molecule has 1 rings (SSSR count). The van der Waals surface area contributed by atoms with Crippen molar-refractivity contribution < 1.29 is 0 Å². The zero-order valence-corrected chi connectivity index (χ0v) is 10.9. The quantitative estimate of drug-likeness (QED) is 0.689. The Bertz CT molecular complexity index is 388. The van der Waals surface area contributed by atoms with E-state index < -0.39 is 0 Å². The molecule has 5 nitrogen and oxygen atoms in total. The SMILES string of the molecule is CCNCCN(CC)c1cc(=O)[nH]c(CC)n1. The van der Waals surface area contributed by atoms with Gasteiger partial charge in [0, 0.05) is 32.1 Å². The van der Waals surface area contributed by atoms with Gasteiger partial charge in [0.25, 0.3) is 5.56 Å². The first kappa shape index (κ1) is 13.7. The molecule has 0 unspecified atom stereocenters. The minimum atomic E-state index is -0.0752. The predicted octanol–water partition coefficient (Wildman–Crippen LogP) is 0.768. The lowest BCUT2D eigenvalue weighted by Crippen LogP contribution is -2.33. The number of H-pyrrole nitrogens is 1. The molecular formula is C12H22N4O. The third kappa shape index (κ3) is 4.19. The molecule has 0 saturated carbocycles. The molecule has 1 aromatic rings. The number of hydrogen-bond acceptors (Lipinski definition) is 4. The number of hydrogen-bond donors (Lipinski definition) is 2. The Kier molecular flexibility index (Phi) is 5.69. The average molecular weight is 238 g/mol. The van der Waals surface area contributed by atoms with E-state index in [1.807, 2.05) is 6.92 Å². The molecule has 0 saturated heterocycles. The molecule has 0 aliphatic heterocycles. The molecular weight excluding hydrogens is 216 g/mol. The molecule has 1 aromatic heterocycles. The van der Waals surface area contributed by atoms with Crippen molar-refractivity contribution in [2.24, 2.45) is 0 Å². The van der Waals surface area contributed by atoms with Crippen LogP contribution in [0.3, 0.4) is 0 Å². The summed E-state index contributed by atoms with van der Waals surface area (Å²) in [6, 6.07) is 1.56. The zero-order chi connectivity index (χ0) is 12.7. The van der Waals surface area contributed by atoms with Gasteiger partial charge in [-0.2, -0.15) is 0 Å². The topological polar surface area (TPSA) is 61.0 Å². The maximum absolute atomic E-state index is 11.5. The minimum absolute atomic E-state index is 0.0752. The summed E-state index contributed by atoms with van der Waals surface area (Å²) in [6.45, 7) is 9.71. The molecule has 0 atom stereocenters. The van der Waals surface area contributed by atoms with Crippen molar-refractivity contribution in [1.82, 2.24) is 15.3 Å². The van der Waals surface area contributed by atoms with Gasteiger partial charge in [0.15, 0.2) is 0 Å². The average Bonchev–Trinajstić information content (AvgIpc) is 2.34. The molecule has 5 heteroatoms. The Morgan fingerprint density at radius 2 is 2.18 bits per heavy atom. The molecule has 0 bridgehead atoms. The van der Waals surface area contributed by atoms with Gasteiger partial charge in [-0.3, -0.25) is 4.79 Å². The third-order valence-corrected chi connectivity index (χ3v) is 2.63. The lowest BCUT2D eigenvalue weighted by molar-refractivity contribution is 0.681. The summed E-state index contributed by atoms with van der Waals surface area (Å²) in [5.74, 6) is 1.51. The van der Waals surface area contributed by atoms with Gasteiger partial charge in [-0.1, -0.05) is 13.8 Å². The van der Waals surface area contributed by atoms with Gasteiger partial charge in [0.05, 0.1) is 0 Å². The number of nitrogens with zero attached hydrogens (tertiary/aromatic N) is 2. The molecule has 0 radical (unpaired) electrons. The van der Waals surface area contributed by atoms with E-state index in [9.17, 15) is 4.79 Å². The van der Waals surface area contributed by atoms with E-state index in [0.717, 1.165) is 44.2 Å². The van der Waals surface area contributed by atoms with Gasteiger partial charge >= 0.3 is 0 Å². The predicted molar refractivity (Wildman–Crippen MR) is 70.7 cm³/mol. The van der Waals surface area contributed by atoms with Crippen LogP contribution in [0.4, 0.5) is 5.82 Å². The van der Waals surface area contributed by atoms with Crippen molar-refractivity contribution in [3.63, 3.8) is 0 Å². The van der Waals surface area contributed by atoms with Crippen molar-refractivity contribution >= 4 is 5.82 Å². The van der Waals surface area contributed by atoms with Crippen LogP contribution in [0, 0.1) is 0 Å². The normalized spacial score (nSPS) is 10.5. The van der Waals surface area contributed by atoms with Gasteiger partial charge in [-0.15, -0.1) is 0 Å². The highest BCUT2D eigenvalue weighted by molar-refractivity contribution is 5.37. The third-order valence-electron chi connectivity index (χ3n) is 2.63. The Labute approximate surface area is 102 Å². The van der Waals surface area contributed by atoms with Crippen LogP contribution in [0.5, 0.6) is 0 Å². The van der Waals surface area contributed by atoms with E-state index >= 15 is 0 Å². The highest BCUT2D eigenvalue weighted by atomic mass is 16.1. The molecule has 0 aromatic carbocycles. The number of aryl methyl sites for hydroxylation is 1. The summed E-state index contributed by atoms with van der Waals surface area (Å²) in [5, 5.41) is 3.27. The van der Waals surface area contributed by atoms with Crippen LogP contribution < -0.4 is 15.8 Å². The van der Waals surface area contributed by atoms with Crippen molar-refractivity contribution in [3.8, 4) is 0 Å². The van der Waals surface area contributed by atoms with Crippen LogP contribution in [0.25, 0.3) is 0 Å². The first-order valence-corrected chi connectivity index (χ1v) is 6.27. The fraction of sp³-hybridized carbons (Fsp3) is 0.667. The fourth-order valence-corrected chi connectivity index (χ4v) is 1.65. The number of anilines is 1. The first-order chi connectivity index (χ1) is 8.21. The standard InChI is InChI=1S/C12H22N4O/c1-4-10-14-11(9-12(17)15-10)16(6-3)8-7-13-5-2/h9,13H,4-8H2,1-3H3,(H,14,15,17). The lowest BCUT2D eigenvalue weighted by atomic mass is 10.4. The number of likely N-dealkylation sites (N-methyl/N-ethyl adjacent to an activating group) is 2.